The van der Waals surface area contributed by atoms with Gasteiger partial charge in [0.2, 0.25) is 5.91 Å². The molecule has 0 aliphatic carbocycles. The second kappa shape index (κ2) is 11.8. The van der Waals surface area contributed by atoms with Crippen LogP contribution in [0.25, 0.3) is 0 Å². The lowest BCUT2D eigenvalue weighted by molar-refractivity contribution is -0.118. The smallest absolute Gasteiger partial charge is 0.250 e. The van der Waals surface area contributed by atoms with E-state index in [4.69, 9.17) is 4.74 Å². The number of benzene rings is 2. The number of amides is 1. The first kappa shape index (κ1) is 20.5. The predicted octanol–water partition coefficient (Wildman–Crippen LogP) is 5.01. The number of hydrazone groups is 1. The fourth-order valence-electron chi connectivity index (χ4n) is 2.06. The molecule has 0 bridgehead atoms. The van der Waals surface area contributed by atoms with Crippen LogP contribution in [-0.4, -0.2) is 24.5 Å². The van der Waals surface area contributed by atoms with Crippen molar-refractivity contribution in [2.75, 3.05) is 12.4 Å². The highest BCUT2D eigenvalue weighted by atomic mass is 79.9. The normalized spacial score (nSPS) is 10.8. The van der Waals surface area contributed by atoms with E-state index in [-0.39, 0.29) is 5.91 Å². The molecule has 0 aliphatic heterocycles. The zero-order chi connectivity index (χ0) is 18.6. The van der Waals surface area contributed by atoms with Gasteiger partial charge < -0.3 is 4.74 Å². The fourth-order valence-corrected chi connectivity index (χ4v) is 3.50. The number of carbonyl (C=O) groups is 1. The Bertz CT molecular complexity index is 720. The average molecular weight is 435 g/mol. The minimum absolute atomic E-state index is 0.113. The molecule has 4 nitrogen and oxygen atoms in total. The first-order valence-corrected chi connectivity index (χ1v) is 10.5. The van der Waals surface area contributed by atoms with Crippen LogP contribution in [-0.2, 0) is 10.5 Å². The Balaban J connectivity index is 1.68. The maximum Gasteiger partial charge on any atom is 0.250 e. The van der Waals surface area contributed by atoms with Gasteiger partial charge in [0.15, 0.2) is 0 Å². The number of thioether (sulfide) groups is 1. The number of nitrogens with zero attached hydrogens (tertiary/aromatic N) is 1. The van der Waals surface area contributed by atoms with Crippen LogP contribution in [0, 0.1) is 0 Å². The molecule has 6 heteroatoms. The molecule has 2 rings (SSSR count). The van der Waals surface area contributed by atoms with E-state index in [0.717, 1.165) is 41.0 Å². The fraction of sp³-hybridized carbons (Fsp3) is 0.300. The molecule has 0 saturated carbocycles. The van der Waals surface area contributed by atoms with Gasteiger partial charge in [0, 0.05) is 10.2 Å². The Hall–Kier alpha value is -1.79. The summed E-state index contributed by atoms with van der Waals surface area (Å²) in [4.78, 5) is 11.8. The molecule has 0 atom stereocenters. The summed E-state index contributed by atoms with van der Waals surface area (Å²) in [5.74, 6) is 1.88. The summed E-state index contributed by atoms with van der Waals surface area (Å²) in [5, 5.41) is 4.00. The maximum absolute atomic E-state index is 11.8. The second-order valence-corrected chi connectivity index (χ2v) is 7.49. The van der Waals surface area contributed by atoms with Crippen molar-refractivity contribution in [3.63, 3.8) is 0 Å². The van der Waals surface area contributed by atoms with Crippen LogP contribution in [0.4, 0.5) is 0 Å². The zero-order valence-corrected chi connectivity index (χ0v) is 17.2. The third-order valence-corrected chi connectivity index (χ3v) is 5.25. The summed E-state index contributed by atoms with van der Waals surface area (Å²) in [5.41, 5.74) is 4.64. The first-order valence-electron chi connectivity index (χ1n) is 8.55. The summed E-state index contributed by atoms with van der Waals surface area (Å²) >= 11 is 5.06. The standard InChI is InChI=1S/C20H23BrN2O2S/c1-2-3-12-25-18-10-8-16(9-11-18)13-22-23-20(24)15-26-14-17-6-4-5-7-19(17)21/h4-11,13H,2-3,12,14-15H2,1H3,(H,23,24)/b22-13-. The monoisotopic (exact) mass is 434 g/mol. The van der Waals surface area contributed by atoms with Crippen LogP contribution >= 0.6 is 27.7 Å². The Morgan fingerprint density at radius 3 is 2.73 bits per heavy atom. The van der Waals surface area contributed by atoms with Crippen molar-refractivity contribution in [2.45, 2.75) is 25.5 Å². The van der Waals surface area contributed by atoms with Crippen LogP contribution in [0.15, 0.2) is 58.1 Å². The van der Waals surface area contributed by atoms with Crippen LogP contribution in [0.1, 0.15) is 30.9 Å². The molecular weight excluding hydrogens is 412 g/mol. The molecule has 1 N–H and O–H groups in total. The Kier molecular flexibility index (Phi) is 9.28. The highest BCUT2D eigenvalue weighted by Gasteiger charge is 2.03. The van der Waals surface area contributed by atoms with E-state index in [1.54, 1.807) is 18.0 Å². The quantitative estimate of drug-likeness (QED) is 0.324. The number of hydrogen-bond donors (Lipinski definition) is 1. The predicted molar refractivity (Wildman–Crippen MR) is 113 cm³/mol. The van der Waals surface area contributed by atoms with Crippen molar-refractivity contribution in [1.82, 2.24) is 5.43 Å². The number of halogens is 1. The van der Waals surface area contributed by atoms with E-state index in [1.807, 2.05) is 48.5 Å². The van der Waals surface area contributed by atoms with Gasteiger partial charge in [-0.25, -0.2) is 5.43 Å². The van der Waals surface area contributed by atoms with Gasteiger partial charge in [0.25, 0.3) is 0 Å². The highest BCUT2D eigenvalue weighted by molar-refractivity contribution is 9.10. The molecule has 1 amide bonds. The van der Waals surface area contributed by atoms with Crippen LogP contribution in [0.5, 0.6) is 5.75 Å². The lowest BCUT2D eigenvalue weighted by Gasteiger charge is -2.05. The Labute approximate surface area is 167 Å². The van der Waals surface area contributed by atoms with Crippen molar-refractivity contribution >= 4 is 39.8 Å². The van der Waals surface area contributed by atoms with Gasteiger partial charge in [-0.2, -0.15) is 5.10 Å². The third kappa shape index (κ3) is 7.62. The molecule has 0 saturated heterocycles. The summed E-state index contributed by atoms with van der Waals surface area (Å²) in [6.45, 7) is 2.87. The number of rotatable bonds is 10. The lowest BCUT2D eigenvalue weighted by atomic mass is 10.2. The molecule has 2 aromatic carbocycles. The molecule has 0 radical (unpaired) electrons. The molecule has 0 heterocycles. The van der Waals surface area contributed by atoms with Crippen molar-refractivity contribution in [3.05, 3.63) is 64.1 Å². The Morgan fingerprint density at radius 1 is 1.23 bits per heavy atom. The molecule has 138 valence electrons. The number of carbonyl (C=O) groups excluding carboxylic acids is 1. The Morgan fingerprint density at radius 2 is 2.00 bits per heavy atom. The minimum Gasteiger partial charge on any atom is -0.494 e. The zero-order valence-electron chi connectivity index (χ0n) is 14.8. The molecule has 0 aliphatic rings. The van der Waals surface area contributed by atoms with Gasteiger partial charge in [-0.15, -0.1) is 11.8 Å². The largest absolute Gasteiger partial charge is 0.494 e. The van der Waals surface area contributed by atoms with Crippen LogP contribution in [0.3, 0.4) is 0 Å². The van der Waals surface area contributed by atoms with Gasteiger partial charge in [-0.1, -0.05) is 47.5 Å². The SMILES string of the molecule is CCCCOc1ccc(/C=N\NC(=O)CSCc2ccccc2Br)cc1. The van der Waals surface area contributed by atoms with E-state index < -0.39 is 0 Å². The summed E-state index contributed by atoms with van der Waals surface area (Å²) < 4.78 is 6.68. The minimum atomic E-state index is -0.113. The first-order chi connectivity index (χ1) is 12.7. The van der Waals surface area contributed by atoms with Gasteiger partial charge in [0.05, 0.1) is 18.6 Å². The van der Waals surface area contributed by atoms with Gasteiger partial charge in [-0.05, 0) is 47.9 Å². The molecule has 26 heavy (non-hydrogen) atoms. The van der Waals surface area contributed by atoms with Crippen molar-refractivity contribution in [1.29, 1.82) is 0 Å². The molecular formula is C20H23BrN2O2S. The number of hydrogen-bond acceptors (Lipinski definition) is 4. The van der Waals surface area contributed by atoms with Crippen molar-refractivity contribution < 1.29 is 9.53 Å². The van der Waals surface area contributed by atoms with Gasteiger partial charge >= 0.3 is 0 Å². The number of ether oxygens (including phenoxy) is 1. The van der Waals surface area contributed by atoms with Gasteiger partial charge in [-0.3, -0.25) is 4.79 Å². The summed E-state index contributed by atoms with van der Waals surface area (Å²) in [6.07, 6.45) is 3.80. The third-order valence-electron chi connectivity index (χ3n) is 3.50. The molecule has 0 fully saturated rings. The number of nitrogens with one attached hydrogen (secondary N) is 1. The molecule has 0 aromatic heterocycles. The second-order valence-electron chi connectivity index (χ2n) is 5.65. The van der Waals surface area contributed by atoms with E-state index >= 15 is 0 Å². The molecule has 0 unspecified atom stereocenters. The van der Waals surface area contributed by atoms with Crippen molar-refractivity contribution in [3.8, 4) is 5.75 Å². The van der Waals surface area contributed by atoms with E-state index in [9.17, 15) is 4.79 Å². The van der Waals surface area contributed by atoms with Crippen molar-refractivity contribution in [2.24, 2.45) is 5.10 Å². The number of unbranched alkanes of at least 4 members (excludes halogenated alkanes) is 1. The topological polar surface area (TPSA) is 50.7 Å². The summed E-state index contributed by atoms with van der Waals surface area (Å²) in [6, 6.07) is 15.7. The maximum atomic E-state index is 11.8. The van der Waals surface area contributed by atoms with E-state index in [0.29, 0.717) is 5.75 Å². The molecule has 2 aromatic rings. The molecule has 0 spiro atoms. The van der Waals surface area contributed by atoms with Gasteiger partial charge in [0.1, 0.15) is 5.75 Å². The average Bonchev–Trinajstić information content (AvgIpc) is 2.65. The van der Waals surface area contributed by atoms with Crippen LogP contribution < -0.4 is 10.2 Å². The highest BCUT2D eigenvalue weighted by Crippen LogP contribution is 2.21. The van der Waals surface area contributed by atoms with E-state index in [1.165, 1.54) is 5.56 Å². The van der Waals surface area contributed by atoms with Crippen LogP contribution in [0.2, 0.25) is 0 Å². The van der Waals surface area contributed by atoms with E-state index in [2.05, 4.69) is 33.4 Å². The lowest BCUT2D eigenvalue weighted by Crippen LogP contribution is -2.19. The summed E-state index contributed by atoms with van der Waals surface area (Å²) in [7, 11) is 0.